The SMILES string of the molecule is CCN(CC(=O)Nc1ccc(S(=O)(=O)N2CCCCC2)cc1)Cc1cccs1. The Labute approximate surface area is 171 Å². The molecule has 1 fully saturated rings. The number of thiophene rings is 1. The maximum atomic E-state index is 12.7. The summed E-state index contributed by atoms with van der Waals surface area (Å²) < 4.78 is 26.9. The normalized spacial score (nSPS) is 15.6. The lowest BCUT2D eigenvalue weighted by Crippen LogP contribution is -2.35. The first-order valence-electron chi connectivity index (χ1n) is 9.64. The molecule has 1 aliphatic rings. The van der Waals surface area contributed by atoms with Gasteiger partial charge in [-0.05, 0) is 55.1 Å². The van der Waals surface area contributed by atoms with E-state index < -0.39 is 10.0 Å². The third-order valence-corrected chi connectivity index (χ3v) is 7.64. The minimum absolute atomic E-state index is 0.106. The van der Waals surface area contributed by atoms with Crippen LogP contribution in [0.3, 0.4) is 0 Å². The number of anilines is 1. The molecule has 0 unspecified atom stereocenters. The maximum Gasteiger partial charge on any atom is 0.243 e. The molecule has 0 spiro atoms. The lowest BCUT2D eigenvalue weighted by Gasteiger charge is -2.25. The number of sulfonamides is 1. The standard InChI is InChI=1S/C20H27N3O3S2/c1-2-22(15-18-7-6-14-27-18)16-20(24)21-17-8-10-19(11-9-17)28(25,26)23-12-4-3-5-13-23/h6-11,14H,2-5,12-13,15-16H2,1H3,(H,21,24). The number of carbonyl (C=O) groups excluding carboxylic acids is 1. The highest BCUT2D eigenvalue weighted by Gasteiger charge is 2.25. The molecule has 1 amide bonds. The van der Waals surface area contributed by atoms with Crippen molar-refractivity contribution in [3.05, 3.63) is 46.7 Å². The molecule has 1 aromatic carbocycles. The molecule has 1 saturated heterocycles. The fourth-order valence-corrected chi connectivity index (χ4v) is 5.53. The first-order chi connectivity index (χ1) is 13.5. The fourth-order valence-electron chi connectivity index (χ4n) is 3.27. The van der Waals surface area contributed by atoms with Crippen LogP contribution < -0.4 is 5.32 Å². The summed E-state index contributed by atoms with van der Waals surface area (Å²) in [5, 5.41) is 4.89. The number of piperidine rings is 1. The lowest BCUT2D eigenvalue weighted by molar-refractivity contribution is -0.117. The molecule has 1 aromatic heterocycles. The van der Waals surface area contributed by atoms with Crippen molar-refractivity contribution in [1.82, 2.24) is 9.21 Å². The quantitative estimate of drug-likeness (QED) is 0.709. The highest BCUT2D eigenvalue weighted by molar-refractivity contribution is 7.89. The summed E-state index contributed by atoms with van der Waals surface area (Å²) in [5.74, 6) is -0.106. The summed E-state index contributed by atoms with van der Waals surface area (Å²) in [7, 11) is -3.45. The van der Waals surface area contributed by atoms with Gasteiger partial charge in [-0.25, -0.2) is 8.42 Å². The Hall–Kier alpha value is -1.74. The van der Waals surface area contributed by atoms with Crippen LogP contribution in [-0.2, 0) is 21.4 Å². The number of carbonyl (C=O) groups is 1. The number of likely N-dealkylation sites (N-methyl/N-ethyl adjacent to an activating group) is 1. The molecule has 152 valence electrons. The van der Waals surface area contributed by atoms with Gasteiger partial charge in [0.25, 0.3) is 0 Å². The largest absolute Gasteiger partial charge is 0.325 e. The molecular weight excluding hydrogens is 394 g/mol. The Morgan fingerprint density at radius 2 is 1.86 bits per heavy atom. The number of benzene rings is 1. The van der Waals surface area contributed by atoms with Gasteiger partial charge in [0.1, 0.15) is 0 Å². The van der Waals surface area contributed by atoms with Crippen molar-refractivity contribution in [1.29, 1.82) is 0 Å². The predicted molar refractivity (Wildman–Crippen MR) is 113 cm³/mol. The molecule has 0 bridgehead atoms. The van der Waals surface area contributed by atoms with E-state index in [4.69, 9.17) is 0 Å². The van der Waals surface area contributed by atoms with E-state index in [1.807, 2.05) is 18.4 Å². The number of nitrogens with one attached hydrogen (secondary N) is 1. The third kappa shape index (κ3) is 5.41. The molecule has 0 aliphatic carbocycles. The summed E-state index contributed by atoms with van der Waals surface area (Å²) in [6.07, 6.45) is 2.90. The summed E-state index contributed by atoms with van der Waals surface area (Å²) in [6.45, 7) is 5.01. The molecule has 3 rings (SSSR count). The Kier molecular flexibility index (Phi) is 7.23. The van der Waals surface area contributed by atoms with Crippen LogP contribution in [-0.4, -0.2) is 49.7 Å². The van der Waals surface area contributed by atoms with Gasteiger partial charge in [0.05, 0.1) is 11.4 Å². The summed E-state index contributed by atoms with van der Waals surface area (Å²) in [6, 6.07) is 10.5. The van der Waals surface area contributed by atoms with Gasteiger partial charge in [0.15, 0.2) is 0 Å². The molecule has 6 nitrogen and oxygen atoms in total. The number of nitrogens with zero attached hydrogens (tertiary/aromatic N) is 2. The van der Waals surface area contributed by atoms with Crippen LogP contribution in [0.4, 0.5) is 5.69 Å². The Morgan fingerprint density at radius 3 is 2.46 bits per heavy atom. The molecule has 2 aromatic rings. The average Bonchev–Trinajstić information content (AvgIpc) is 3.21. The van der Waals surface area contributed by atoms with Crippen LogP contribution in [0.2, 0.25) is 0 Å². The monoisotopic (exact) mass is 421 g/mol. The molecule has 8 heteroatoms. The summed E-state index contributed by atoms with van der Waals surface area (Å²) >= 11 is 1.68. The van der Waals surface area contributed by atoms with E-state index in [0.717, 1.165) is 32.4 Å². The van der Waals surface area contributed by atoms with E-state index in [-0.39, 0.29) is 10.8 Å². The Bertz CT molecular complexity index is 859. The van der Waals surface area contributed by atoms with Crippen LogP contribution in [0.5, 0.6) is 0 Å². The van der Waals surface area contributed by atoms with E-state index in [0.29, 0.717) is 25.3 Å². The fraction of sp³-hybridized carbons (Fsp3) is 0.450. The minimum atomic E-state index is -3.45. The molecule has 1 N–H and O–H groups in total. The maximum absolute atomic E-state index is 12.7. The number of amides is 1. The summed E-state index contributed by atoms with van der Waals surface area (Å²) in [4.78, 5) is 15.9. The molecule has 0 saturated carbocycles. The smallest absolute Gasteiger partial charge is 0.243 e. The van der Waals surface area contributed by atoms with Crippen molar-refractivity contribution in [2.45, 2.75) is 37.6 Å². The van der Waals surface area contributed by atoms with Gasteiger partial charge in [-0.1, -0.05) is 19.4 Å². The first kappa shape index (κ1) is 21.0. The van der Waals surface area contributed by atoms with Crippen LogP contribution in [0.25, 0.3) is 0 Å². The van der Waals surface area contributed by atoms with Crippen molar-refractivity contribution in [2.75, 3.05) is 31.5 Å². The molecule has 0 radical (unpaired) electrons. The van der Waals surface area contributed by atoms with Crippen molar-refractivity contribution >= 4 is 33.0 Å². The molecular formula is C20H27N3O3S2. The van der Waals surface area contributed by atoms with E-state index >= 15 is 0 Å². The number of rotatable bonds is 8. The number of hydrogen-bond donors (Lipinski definition) is 1. The molecule has 0 atom stereocenters. The second-order valence-corrected chi connectivity index (χ2v) is 9.89. The van der Waals surface area contributed by atoms with Crippen molar-refractivity contribution < 1.29 is 13.2 Å². The van der Waals surface area contributed by atoms with E-state index in [2.05, 4.69) is 16.3 Å². The zero-order valence-corrected chi connectivity index (χ0v) is 17.8. The van der Waals surface area contributed by atoms with Crippen molar-refractivity contribution in [3.8, 4) is 0 Å². The van der Waals surface area contributed by atoms with E-state index in [1.54, 1.807) is 39.9 Å². The van der Waals surface area contributed by atoms with Gasteiger partial charge in [0.2, 0.25) is 15.9 Å². The zero-order chi connectivity index (χ0) is 20.0. The lowest BCUT2D eigenvalue weighted by atomic mass is 10.2. The number of hydrogen-bond acceptors (Lipinski definition) is 5. The highest BCUT2D eigenvalue weighted by atomic mass is 32.2. The Balaban J connectivity index is 1.58. The predicted octanol–water partition coefficient (Wildman–Crippen LogP) is 3.38. The van der Waals surface area contributed by atoms with Gasteiger partial charge in [-0.15, -0.1) is 11.3 Å². The van der Waals surface area contributed by atoms with Crippen LogP contribution in [0, 0.1) is 0 Å². The van der Waals surface area contributed by atoms with Gasteiger partial charge in [-0.2, -0.15) is 4.31 Å². The average molecular weight is 422 g/mol. The van der Waals surface area contributed by atoms with E-state index in [9.17, 15) is 13.2 Å². The third-order valence-electron chi connectivity index (χ3n) is 4.86. The van der Waals surface area contributed by atoms with Crippen LogP contribution in [0.1, 0.15) is 31.1 Å². The molecule has 1 aliphatic heterocycles. The van der Waals surface area contributed by atoms with Gasteiger partial charge < -0.3 is 5.32 Å². The zero-order valence-electron chi connectivity index (χ0n) is 16.1. The van der Waals surface area contributed by atoms with Gasteiger partial charge >= 0.3 is 0 Å². The van der Waals surface area contributed by atoms with Crippen molar-refractivity contribution in [3.63, 3.8) is 0 Å². The minimum Gasteiger partial charge on any atom is -0.325 e. The van der Waals surface area contributed by atoms with Crippen LogP contribution in [0.15, 0.2) is 46.7 Å². The van der Waals surface area contributed by atoms with E-state index in [1.165, 1.54) is 4.88 Å². The van der Waals surface area contributed by atoms with Gasteiger partial charge in [0, 0.05) is 30.2 Å². The highest BCUT2D eigenvalue weighted by Crippen LogP contribution is 2.22. The molecule has 28 heavy (non-hydrogen) atoms. The first-order valence-corrected chi connectivity index (χ1v) is 12.0. The Morgan fingerprint density at radius 1 is 1.14 bits per heavy atom. The topological polar surface area (TPSA) is 69.7 Å². The van der Waals surface area contributed by atoms with Gasteiger partial charge in [-0.3, -0.25) is 9.69 Å². The summed E-state index contributed by atoms with van der Waals surface area (Å²) in [5.41, 5.74) is 0.606. The van der Waals surface area contributed by atoms with Crippen molar-refractivity contribution in [2.24, 2.45) is 0 Å². The second kappa shape index (κ2) is 9.65. The second-order valence-electron chi connectivity index (χ2n) is 6.92. The van der Waals surface area contributed by atoms with Crippen LogP contribution >= 0.6 is 11.3 Å². The molecule has 2 heterocycles.